The van der Waals surface area contributed by atoms with E-state index in [2.05, 4.69) is 73.9 Å². The summed E-state index contributed by atoms with van der Waals surface area (Å²) in [5.41, 5.74) is 8.89. The topological polar surface area (TPSA) is 106 Å². The molecule has 0 unspecified atom stereocenters. The zero-order chi connectivity index (χ0) is 32.8. The van der Waals surface area contributed by atoms with Crippen molar-refractivity contribution in [3.05, 3.63) is 101 Å². The van der Waals surface area contributed by atoms with E-state index in [-0.39, 0.29) is 29.6 Å². The van der Waals surface area contributed by atoms with Gasteiger partial charge in [0.05, 0.1) is 18.3 Å². The van der Waals surface area contributed by atoms with Gasteiger partial charge in [-0.05, 0) is 52.6 Å². The molecule has 0 radical (unpaired) electrons. The first kappa shape index (κ1) is 31.3. The van der Waals surface area contributed by atoms with E-state index in [0.29, 0.717) is 61.6 Å². The molecule has 0 spiro atoms. The van der Waals surface area contributed by atoms with Crippen molar-refractivity contribution in [3.63, 3.8) is 0 Å². The number of amides is 1. The maximum atomic E-state index is 13.7. The van der Waals surface area contributed by atoms with Gasteiger partial charge in [-0.25, -0.2) is 0 Å². The van der Waals surface area contributed by atoms with Gasteiger partial charge >= 0.3 is 6.18 Å². The van der Waals surface area contributed by atoms with Gasteiger partial charge in [-0.1, -0.05) is 60.7 Å². The molecule has 3 fully saturated rings. The second-order valence-corrected chi connectivity index (χ2v) is 12.8. The lowest BCUT2D eigenvalue weighted by Gasteiger charge is -2.54. The predicted octanol–water partition coefficient (Wildman–Crippen LogP) is 3.71. The number of halogens is 3. The Morgan fingerprint density at radius 1 is 0.979 bits per heavy atom. The second-order valence-electron chi connectivity index (χ2n) is 12.8. The third-order valence-electron chi connectivity index (χ3n) is 9.70. The van der Waals surface area contributed by atoms with E-state index in [0.717, 1.165) is 6.54 Å². The number of alkyl halides is 3. The Bertz CT molecular complexity index is 1670. The van der Waals surface area contributed by atoms with Crippen molar-refractivity contribution in [1.29, 1.82) is 0 Å². The molecule has 3 aliphatic rings. The molecular formula is C34H37F3N8O2. The fraction of sp³-hybridized carbons (Fsp3) is 0.412. The van der Waals surface area contributed by atoms with Crippen LogP contribution in [-0.2, 0) is 17.5 Å². The van der Waals surface area contributed by atoms with Crippen LogP contribution in [0.15, 0.2) is 78.9 Å². The van der Waals surface area contributed by atoms with Gasteiger partial charge in [-0.2, -0.15) is 17.9 Å². The maximum absolute atomic E-state index is 13.7. The van der Waals surface area contributed by atoms with E-state index in [1.54, 1.807) is 19.2 Å². The van der Waals surface area contributed by atoms with Crippen molar-refractivity contribution in [2.45, 2.75) is 49.1 Å². The van der Waals surface area contributed by atoms with E-state index >= 15 is 0 Å². The average molecular weight is 647 g/mol. The number of nitrogens with two attached hydrogens (primary N) is 1. The highest BCUT2D eigenvalue weighted by atomic mass is 19.4. The van der Waals surface area contributed by atoms with Gasteiger partial charge in [0.2, 0.25) is 5.91 Å². The van der Waals surface area contributed by atoms with E-state index in [1.165, 1.54) is 17.2 Å². The number of ether oxygens (including phenoxy) is 1. The first-order valence-electron chi connectivity index (χ1n) is 15.8. The molecule has 3 aromatic carbocycles. The Morgan fingerprint density at radius 3 is 2.28 bits per heavy atom. The summed E-state index contributed by atoms with van der Waals surface area (Å²) in [4.78, 5) is 20.2. The zero-order valence-electron chi connectivity index (χ0n) is 26.1. The normalized spacial score (nSPS) is 21.4. The Hall–Kier alpha value is -4.33. The number of methoxy groups -OCH3 is 1. The van der Waals surface area contributed by atoms with Crippen LogP contribution < -0.4 is 10.5 Å². The highest BCUT2D eigenvalue weighted by molar-refractivity contribution is 5.89. The zero-order valence-corrected chi connectivity index (χ0v) is 26.1. The molecule has 4 aromatic rings. The number of nitrogens with zero attached hydrogens (tertiary/aromatic N) is 7. The van der Waals surface area contributed by atoms with Crippen LogP contribution in [0, 0.1) is 0 Å². The van der Waals surface area contributed by atoms with Crippen molar-refractivity contribution in [1.82, 2.24) is 34.9 Å². The Kier molecular flexibility index (Phi) is 8.23. The van der Waals surface area contributed by atoms with E-state index in [4.69, 9.17) is 10.5 Å². The molecular weight excluding hydrogens is 609 g/mol. The number of tetrazole rings is 1. The summed E-state index contributed by atoms with van der Waals surface area (Å²) in [6, 6.07) is 25.8. The SMILES string of the molecule is COc1ccc(-n2nnnc2C(F)(F)F)cc1CN1C[C@@H]2CN(C(=O)C3(N)CC3)CCN2[C@H](C(c2ccccc2)c2ccccc2)C1. The second kappa shape index (κ2) is 12.4. The number of benzene rings is 3. The molecule has 2 N–H and O–H groups in total. The third-order valence-corrected chi connectivity index (χ3v) is 9.70. The molecule has 246 valence electrons. The number of carbonyl (C=O) groups excluding carboxylic acids is 1. The molecule has 2 atom stereocenters. The summed E-state index contributed by atoms with van der Waals surface area (Å²) in [6.07, 6.45) is -3.30. The fourth-order valence-electron chi connectivity index (χ4n) is 7.24. The summed E-state index contributed by atoms with van der Waals surface area (Å²) in [7, 11) is 1.55. The third kappa shape index (κ3) is 6.22. The minimum absolute atomic E-state index is 0.0183. The van der Waals surface area contributed by atoms with Gasteiger partial charge in [0, 0.05) is 62.8 Å². The summed E-state index contributed by atoms with van der Waals surface area (Å²) in [5.74, 6) is -0.588. The Labute approximate surface area is 270 Å². The standard InChI is InChI=1S/C34H37F3N8O2/c1-47-29-13-12-26(45-31(34(35,36)37)39-40-41-45)18-25(29)19-42-20-27-21-43(32(46)33(38)14-15-33)16-17-44(27)28(22-42)30(23-8-4-2-5-9-23)24-10-6-3-7-11-24/h2-13,18,27-28,30H,14-17,19-22,38H2,1H3/t27-,28+/m1/s1. The van der Waals surface area contributed by atoms with Crippen molar-refractivity contribution < 1.29 is 22.7 Å². The van der Waals surface area contributed by atoms with Crippen LogP contribution in [0.1, 0.15) is 41.3 Å². The van der Waals surface area contributed by atoms with Crippen LogP contribution in [0.5, 0.6) is 5.75 Å². The van der Waals surface area contributed by atoms with Gasteiger partial charge in [-0.3, -0.25) is 14.6 Å². The molecule has 1 aromatic heterocycles. The maximum Gasteiger partial charge on any atom is 0.453 e. The molecule has 7 rings (SSSR count). The molecule has 1 amide bonds. The van der Waals surface area contributed by atoms with Gasteiger partial charge in [0.1, 0.15) is 5.75 Å². The van der Waals surface area contributed by atoms with Crippen molar-refractivity contribution in [3.8, 4) is 11.4 Å². The van der Waals surface area contributed by atoms with Crippen molar-refractivity contribution in [2.75, 3.05) is 39.8 Å². The van der Waals surface area contributed by atoms with Crippen molar-refractivity contribution in [2.24, 2.45) is 5.73 Å². The van der Waals surface area contributed by atoms with Gasteiger partial charge in [-0.15, -0.1) is 5.10 Å². The molecule has 1 aliphatic carbocycles. The summed E-state index contributed by atoms with van der Waals surface area (Å²) >= 11 is 0. The quantitative estimate of drug-likeness (QED) is 0.309. The molecule has 2 saturated heterocycles. The number of hydrogen-bond donors (Lipinski definition) is 1. The van der Waals surface area contributed by atoms with Crippen LogP contribution >= 0.6 is 0 Å². The molecule has 10 nitrogen and oxygen atoms in total. The minimum atomic E-state index is -4.72. The lowest BCUT2D eigenvalue weighted by Crippen LogP contribution is -2.68. The van der Waals surface area contributed by atoms with Gasteiger partial charge < -0.3 is 15.4 Å². The first-order valence-corrected chi connectivity index (χ1v) is 15.8. The van der Waals surface area contributed by atoms with Crippen LogP contribution in [0.25, 0.3) is 5.69 Å². The number of hydrogen-bond acceptors (Lipinski definition) is 8. The molecule has 47 heavy (non-hydrogen) atoms. The molecule has 0 bridgehead atoms. The molecule has 2 aliphatic heterocycles. The highest BCUT2D eigenvalue weighted by Gasteiger charge is 2.51. The molecule has 1 saturated carbocycles. The van der Waals surface area contributed by atoms with Gasteiger partial charge in [0.25, 0.3) is 5.82 Å². The summed E-state index contributed by atoms with van der Waals surface area (Å²) < 4.78 is 47.4. The van der Waals surface area contributed by atoms with E-state index < -0.39 is 17.5 Å². The lowest BCUT2D eigenvalue weighted by atomic mass is 9.81. The monoisotopic (exact) mass is 646 g/mol. The largest absolute Gasteiger partial charge is 0.496 e. The fourth-order valence-corrected chi connectivity index (χ4v) is 7.24. The van der Waals surface area contributed by atoms with Crippen LogP contribution in [0.2, 0.25) is 0 Å². The number of rotatable bonds is 8. The highest BCUT2D eigenvalue weighted by Crippen LogP contribution is 2.39. The van der Waals surface area contributed by atoms with Crippen LogP contribution in [-0.4, -0.2) is 98.3 Å². The Balaban J connectivity index is 1.25. The number of piperazine rings is 2. The molecule has 13 heteroatoms. The summed E-state index contributed by atoms with van der Waals surface area (Å²) in [6.45, 7) is 3.64. The smallest absolute Gasteiger partial charge is 0.453 e. The van der Waals surface area contributed by atoms with E-state index in [9.17, 15) is 18.0 Å². The summed E-state index contributed by atoms with van der Waals surface area (Å²) in [5, 5.41) is 10.1. The number of aromatic nitrogens is 4. The minimum Gasteiger partial charge on any atom is -0.496 e. The van der Waals surface area contributed by atoms with Gasteiger partial charge in [0.15, 0.2) is 0 Å². The number of fused-ring (bicyclic) bond motifs is 1. The first-order chi connectivity index (χ1) is 22.6. The van der Waals surface area contributed by atoms with Crippen molar-refractivity contribution >= 4 is 5.91 Å². The van der Waals surface area contributed by atoms with E-state index in [1.807, 2.05) is 17.0 Å². The van der Waals surface area contributed by atoms with Crippen LogP contribution in [0.3, 0.4) is 0 Å². The average Bonchev–Trinajstić information content (AvgIpc) is 3.62. The Morgan fingerprint density at radius 2 is 1.66 bits per heavy atom. The predicted molar refractivity (Wildman–Crippen MR) is 168 cm³/mol. The van der Waals surface area contributed by atoms with Crippen LogP contribution in [0.4, 0.5) is 13.2 Å². The number of carbonyl (C=O) groups is 1. The molecule has 3 heterocycles. The lowest BCUT2D eigenvalue weighted by molar-refractivity contribution is -0.146.